The molecule has 3 aromatic carbocycles. The van der Waals surface area contributed by atoms with Gasteiger partial charge in [0.2, 0.25) is 0 Å². The third-order valence-corrected chi connectivity index (χ3v) is 6.16. The Balaban J connectivity index is 1.92. The first-order valence-electron chi connectivity index (χ1n) is 8.49. The molecule has 0 saturated carbocycles. The van der Waals surface area contributed by atoms with E-state index in [0.29, 0.717) is 21.4 Å². The highest BCUT2D eigenvalue weighted by Crippen LogP contribution is 2.51. The molecule has 0 fully saturated rings. The average Bonchev–Trinajstić information content (AvgIpc) is 3.02. The molecular weight excluding hydrogens is 446 g/mol. The summed E-state index contributed by atoms with van der Waals surface area (Å²) in [6.07, 6.45) is 0. The minimum absolute atomic E-state index is 0.0229. The fourth-order valence-corrected chi connectivity index (χ4v) is 4.45. The van der Waals surface area contributed by atoms with Crippen molar-refractivity contribution in [2.75, 3.05) is 0 Å². The fourth-order valence-electron chi connectivity index (χ4n) is 3.04. The zero-order valence-corrected chi connectivity index (χ0v) is 17.2. The number of benzene rings is 3. The van der Waals surface area contributed by atoms with Crippen LogP contribution in [0, 0.1) is 6.92 Å². The van der Waals surface area contributed by atoms with E-state index in [2.05, 4.69) is 15.9 Å². The van der Waals surface area contributed by atoms with E-state index in [-0.39, 0.29) is 21.9 Å². The molecule has 4 aromatic rings. The normalized spacial score (nSPS) is 11.7. The maximum Gasteiger partial charge on any atom is 0.311 e. The molecule has 0 aliphatic heterocycles. The smallest absolute Gasteiger partial charge is 0.311 e. The Morgan fingerprint density at radius 3 is 2.43 bits per heavy atom. The summed E-state index contributed by atoms with van der Waals surface area (Å²) >= 11 is 4.28. The van der Waals surface area contributed by atoms with Crippen molar-refractivity contribution in [2.45, 2.75) is 12.8 Å². The maximum atomic E-state index is 15.6. The molecule has 1 heterocycles. The van der Waals surface area contributed by atoms with Gasteiger partial charge in [-0.1, -0.05) is 40.2 Å². The molecule has 0 aliphatic rings. The first kappa shape index (κ1) is 18.9. The van der Waals surface area contributed by atoms with Gasteiger partial charge < -0.3 is 9.84 Å². The number of phenols is 1. The first-order valence-corrected chi connectivity index (χ1v) is 10.1. The summed E-state index contributed by atoms with van der Waals surface area (Å²) in [5.41, 5.74) is 0.439. The molecule has 0 aliphatic carbocycles. The predicted molar refractivity (Wildman–Crippen MR) is 112 cm³/mol. The summed E-state index contributed by atoms with van der Waals surface area (Å²) in [6.45, 7) is 1.66. The lowest BCUT2D eigenvalue weighted by Crippen LogP contribution is -2.16. The number of ether oxygens (including phenoxy) is 1. The van der Waals surface area contributed by atoms with Crippen LogP contribution in [-0.2, 0) is 5.92 Å². The Kier molecular flexibility index (Phi) is 4.85. The lowest BCUT2D eigenvalue weighted by atomic mass is 10.0. The summed E-state index contributed by atoms with van der Waals surface area (Å²) in [5, 5.41) is 10.3. The molecule has 28 heavy (non-hydrogen) atoms. The summed E-state index contributed by atoms with van der Waals surface area (Å²) < 4.78 is 38.5. The molecule has 1 N–H and O–H groups in total. The van der Waals surface area contributed by atoms with Crippen molar-refractivity contribution in [3.8, 4) is 17.2 Å². The molecule has 0 amide bonds. The summed E-state index contributed by atoms with van der Waals surface area (Å²) in [5.74, 6) is -2.65. The van der Waals surface area contributed by atoms with E-state index in [9.17, 15) is 5.11 Å². The van der Waals surface area contributed by atoms with Crippen LogP contribution in [0.3, 0.4) is 0 Å². The quantitative estimate of drug-likeness (QED) is 0.339. The highest BCUT2D eigenvalue weighted by atomic mass is 79.9. The number of hydrogen-bond acceptors (Lipinski definition) is 3. The van der Waals surface area contributed by atoms with Crippen LogP contribution in [0.4, 0.5) is 8.78 Å². The molecule has 0 atom stereocenters. The van der Waals surface area contributed by atoms with Crippen molar-refractivity contribution in [1.82, 2.24) is 0 Å². The Hall–Kier alpha value is -2.44. The molecule has 0 unspecified atom stereocenters. The molecule has 0 spiro atoms. The van der Waals surface area contributed by atoms with Crippen molar-refractivity contribution >= 4 is 37.4 Å². The zero-order valence-electron chi connectivity index (χ0n) is 14.7. The molecule has 6 heteroatoms. The molecule has 0 saturated heterocycles. The SMILES string of the molecule is Cc1ccccc1C(F)(F)c1sc2cc(O)ccc2c1Oc1ccc(Br)cc1. The largest absolute Gasteiger partial charge is 0.508 e. The van der Waals surface area contributed by atoms with Gasteiger partial charge in [0.25, 0.3) is 0 Å². The summed E-state index contributed by atoms with van der Waals surface area (Å²) in [6, 6.07) is 18.0. The molecule has 1 aromatic heterocycles. The third-order valence-electron chi connectivity index (χ3n) is 4.43. The number of halogens is 3. The minimum atomic E-state index is -3.24. The second kappa shape index (κ2) is 7.18. The van der Waals surface area contributed by atoms with Gasteiger partial charge in [0.05, 0.1) is 0 Å². The van der Waals surface area contributed by atoms with Gasteiger partial charge in [-0.2, -0.15) is 8.78 Å². The van der Waals surface area contributed by atoms with Crippen molar-refractivity contribution in [2.24, 2.45) is 0 Å². The highest BCUT2D eigenvalue weighted by molar-refractivity contribution is 9.10. The van der Waals surface area contributed by atoms with Crippen LogP contribution < -0.4 is 4.74 Å². The molecule has 4 rings (SSSR count). The van der Waals surface area contributed by atoms with Crippen LogP contribution in [0.15, 0.2) is 71.2 Å². The lowest BCUT2D eigenvalue weighted by molar-refractivity contribution is 0.0444. The van der Waals surface area contributed by atoms with Crippen LogP contribution in [0.25, 0.3) is 10.1 Å². The van der Waals surface area contributed by atoms with E-state index in [1.54, 1.807) is 55.5 Å². The Labute approximate surface area is 173 Å². The topological polar surface area (TPSA) is 29.5 Å². The van der Waals surface area contributed by atoms with Gasteiger partial charge in [-0.15, -0.1) is 11.3 Å². The van der Waals surface area contributed by atoms with Crippen LogP contribution in [-0.4, -0.2) is 5.11 Å². The van der Waals surface area contributed by atoms with Gasteiger partial charge in [0.1, 0.15) is 16.4 Å². The van der Waals surface area contributed by atoms with Crippen LogP contribution in [0.1, 0.15) is 16.0 Å². The van der Waals surface area contributed by atoms with Crippen molar-refractivity contribution in [3.05, 3.63) is 87.2 Å². The molecule has 0 radical (unpaired) electrons. The fraction of sp³-hybridized carbons (Fsp3) is 0.0909. The van der Waals surface area contributed by atoms with Crippen molar-refractivity contribution in [1.29, 1.82) is 0 Å². The van der Waals surface area contributed by atoms with E-state index in [4.69, 9.17) is 4.74 Å². The van der Waals surface area contributed by atoms with Gasteiger partial charge in [0.15, 0.2) is 5.75 Å². The number of aryl methyl sites for hydroxylation is 1. The van der Waals surface area contributed by atoms with Gasteiger partial charge in [0, 0.05) is 20.1 Å². The van der Waals surface area contributed by atoms with Crippen LogP contribution in [0.2, 0.25) is 0 Å². The third kappa shape index (κ3) is 3.38. The predicted octanol–water partition coefficient (Wildman–Crippen LogP) is 7.61. The van der Waals surface area contributed by atoms with E-state index >= 15 is 8.78 Å². The van der Waals surface area contributed by atoms with Crippen LogP contribution in [0.5, 0.6) is 17.2 Å². The Morgan fingerprint density at radius 1 is 1.00 bits per heavy atom. The zero-order chi connectivity index (χ0) is 19.9. The summed E-state index contributed by atoms with van der Waals surface area (Å²) in [4.78, 5) is -0.190. The van der Waals surface area contributed by atoms with E-state index < -0.39 is 5.92 Å². The second-order valence-corrected chi connectivity index (χ2v) is 8.35. The van der Waals surface area contributed by atoms with Crippen molar-refractivity contribution in [3.63, 3.8) is 0 Å². The monoisotopic (exact) mass is 460 g/mol. The summed E-state index contributed by atoms with van der Waals surface area (Å²) in [7, 11) is 0. The van der Waals surface area contributed by atoms with E-state index in [1.165, 1.54) is 18.2 Å². The Bertz CT molecular complexity index is 1150. The number of phenolic OH excluding ortho intramolecular Hbond substituents is 1. The van der Waals surface area contributed by atoms with Gasteiger partial charge in [-0.3, -0.25) is 0 Å². The van der Waals surface area contributed by atoms with Gasteiger partial charge in [-0.25, -0.2) is 0 Å². The number of thiophene rings is 1. The highest BCUT2D eigenvalue weighted by Gasteiger charge is 2.41. The number of alkyl halides is 2. The minimum Gasteiger partial charge on any atom is -0.508 e. The standard InChI is InChI=1S/C22H15BrF2O2S/c1-13-4-2-3-5-18(13)22(24,25)21-20(27-16-9-6-14(23)7-10-16)17-11-8-15(26)12-19(17)28-21/h2-12,26H,1H3. The Morgan fingerprint density at radius 2 is 1.71 bits per heavy atom. The lowest BCUT2D eigenvalue weighted by Gasteiger charge is -2.19. The number of fused-ring (bicyclic) bond motifs is 1. The van der Waals surface area contributed by atoms with Gasteiger partial charge in [-0.05, 0) is 55.0 Å². The van der Waals surface area contributed by atoms with Crippen LogP contribution >= 0.6 is 27.3 Å². The van der Waals surface area contributed by atoms with E-state index in [1.807, 2.05) is 0 Å². The second-order valence-electron chi connectivity index (χ2n) is 6.39. The molecule has 2 nitrogen and oxygen atoms in total. The van der Waals surface area contributed by atoms with Gasteiger partial charge >= 0.3 is 5.92 Å². The molecule has 0 bridgehead atoms. The maximum absolute atomic E-state index is 15.6. The molecular formula is C22H15BrF2O2S. The first-order chi connectivity index (χ1) is 13.4. The van der Waals surface area contributed by atoms with Crippen molar-refractivity contribution < 1.29 is 18.6 Å². The number of rotatable bonds is 4. The average molecular weight is 461 g/mol. The number of aromatic hydroxyl groups is 1. The van der Waals surface area contributed by atoms with E-state index in [0.717, 1.165) is 15.8 Å². The number of hydrogen-bond donors (Lipinski definition) is 1. The molecule has 142 valence electrons.